The predicted molar refractivity (Wildman–Crippen MR) is 70.0 cm³/mol. The Hall–Kier alpha value is -1.39. The molecule has 98 valence electrons. The Morgan fingerprint density at radius 2 is 2.11 bits per heavy atom. The van der Waals surface area contributed by atoms with E-state index in [1.165, 1.54) is 0 Å². The van der Waals surface area contributed by atoms with Crippen LogP contribution in [-0.4, -0.2) is 37.1 Å². The number of carbonyl (C=O) groups is 1. The van der Waals surface area contributed by atoms with E-state index in [0.29, 0.717) is 19.6 Å². The summed E-state index contributed by atoms with van der Waals surface area (Å²) < 4.78 is 5.04. The number of ether oxygens (including phenoxy) is 1. The van der Waals surface area contributed by atoms with Crippen LogP contribution in [0.15, 0.2) is 30.3 Å². The van der Waals surface area contributed by atoms with Gasteiger partial charge in [0.25, 0.3) is 0 Å². The van der Waals surface area contributed by atoms with Crippen molar-refractivity contribution in [2.24, 2.45) is 5.73 Å². The van der Waals surface area contributed by atoms with Crippen LogP contribution in [0.3, 0.4) is 0 Å². The first-order valence-corrected chi connectivity index (χ1v) is 6.33. The standard InChI is InChI=1S/C14H20N2O2/c1-18-9-5-8-16-13(17)10-12(15)14(16)11-6-3-2-4-7-11/h2-4,6-7,12,14H,5,8-10,15H2,1H3. The summed E-state index contributed by atoms with van der Waals surface area (Å²) in [6.45, 7) is 1.38. The van der Waals surface area contributed by atoms with Crippen LogP contribution in [0.4, 0.5) is 0 Å². The molecular formula is C14H20N2O2. The second kappa shape index (κ2) is 5.98. The third kappa shape index (κ3) is 2.71. The number of amides is 1. The van der Waals surface area contributed by atoms with E-state index in [1.54, 1.807) is 7.11 Å². The molecule has 1 aliphatic rings. The quantitative estimate of drug-likeness (QED) is 0.800. The second-order valence-corrected chi connectivity index (χ2v) is 4.66. The fourth-order valence-corrected chi connectivity index (χ4v) is 2.54. The van der Waals surface area contributed by atoms with Gasteiger partial charge in [-0.3, -0.25) is 4.79 Å². The number of carbonyl (C=O) groups excluding carboxylic acids is 1. The molecule has 18 heavy (non-hydrogen) atoms. The molecule has 1 aliphatic heterocycles. The average molecular weight is 248 g/mol. The number of hydrogen-bond donors (Lipinski definition) is 1. The molecule has 1 aromatic rings. The van der Waals surface area contributed by atoms with Crippen molar-refractivity contribution < 1.29 is 9.53 Å². The van der Waals surface area contributed by atoms with E-state index in [0.717, 1.165) is 12.0 Å². The Morgan fingerprint density at radius 3 is 2.78 bits per heavy atom. The van der Waals surface area contributed by atoms with Crippen LogP contribution < -0.4 is 5.73 Å². The molecule has 2 N–H and O–H groups in total. The first-order valence-electron chi connectivity index (χ1n) is 6.33. The Kier molecular flexibility index (Phi) is 4.33. The van der Waals surface area contributed by atoms with E-state index < -0.39 is 0 Å². The predicted octanol–water partition coefficient (Wildman–Crippen LogP) is 1.32. The van der Waals surface area contributed by atoms with Crippen molar-refractivity contribution in [1.82, 2.24) is 4.90 Å². The van der Waals surface area contributed by atoms with Crippen molar-refractivity contribution in [3.8, 4) is 0 Å². The van der Waals surface area contributed by atoms with E-state index in [4.69, 9.17) is 10.5 Å². The number of rotatable bonds is 5. The molecule has 0 radical (unpaired) electrons. The van der Waals surface area contributed by atoms with Crippen molar-refractivity contribution in [2.45, 2.75) is 24.9 Å². The molecule has 1 saturated heterocycles. The maximum absolute atomic E-state index is 12.0. The summed E-state index contributed by atoms with van der Waals surface area (Å²) in [4.78, 5) is 13.9. The molecule has 1 aromatic carbocycles. The zero-order valence-electron chi connectivity index (χ0n) is 10.7. The Balaban J connectivity index is 2.12. The monoisotopic (exact) mass is 248 g/mol. The van der Waals surface area contributed by atoms with Crippen molar-refractivity contribution >= 4 is 5.91 Å². The first-order chi connectivity index (χ1) is 8.74. The van der Waals surface area contributed by atoms with Gasteiger partial charge in [0.1, 0.15) is 0 Å². The molecule has 0 saturated carbocycles. The molecule has 0 aliphatic carbocycles. The van der Waals surface area contributed by atoms with Gasteiger partial charge in [-0.15, -0.1) is 0 Å². The lowest BCUT2D eigenvalue weighted by molar-refractivity contribution is -0.129. The highest BCUT2D eigenvalue weighted by Crippen LogP contribution is 2.31. The van der Waals surface area contributed by atoms with Gasteiger partial charge in [0.05, 0.1) is 6.04 Å². The van der Waals surface area contributed by atoms with Crippen LogP contribution >= 0.6 is 0 Å². The van der Waals surface area contributed by atoms with Gasteiger partial charge < -0.3 is 15.4 Å². The maximum atomic E-state index is 12.0. The number of benzene rings is 1. The van der Waals surface area contributed by atoms with E-state index in [9.17, 15) is 4.79 Å². The zero-order valence-corrected chi connectivity index (χ0v) is 10.7. The summed E-state index contributed by atoms with van der Waals surface area (Å²) in [6.07, 6.45) is 1.28. The van der Waals surface area contributed by atoms with Gasteiger partial charge in [0.15, 0.2) is 0 Å². The first kappa shape index (κ1) is 13.1. The summed E-state index contributed by atoms with van der Waals surface area (Å²) in [5.74, 6) is 0.146. The normalized spacial score (nSPS) is 23.7. The lowest BCUT2D eigenvalue weighted by Gasteiger charge is -2.27. The average Bonchev–Trinajstić information content (AvgIpc) is 2.66. The van der Waals surface area contributed by atoms with E-state index in [2.05, 4.69) is 0 Å². The molecule has 1 fully saturated rings. The van der Waals surface area contributed by atoms with Crippen molar-refractivity contribution in [1.29, 1.82) is 0 Å². The summed E-state index contributed by atoms with van der Waals surface area (Å²) in [6, 6.07) is 9.91. The number of methoxy groups -OCH3 is 1. The van der Waals surface area contributed by atoms with E-state index >= 15 is 0 Å². The smallest absolute Gasteiger partial charge is 0.224 e. The molecule has 0 bridgehead atoms. The van der Waals surface area contributed by atoms with Crippen LogP contribution in [0, 0.1) is 0 Å². The van der Waals surface area contributed by atoms with Crippen LogP contribution in [-0.2, 0) is 9.53 Å². The molecule has 2 rings (SSSR count). The summed E-state index contributed by atoms with van der Waals surface area (Å²) in [7, 11) is 1.67. The van der Waals surface area contributed by atoms with Crippen molar-refractivity contribution in [3.63, 3.8) is 0 Å². The van der Waals surface area contributed by atoms with Crippen molar-refractivity contribution in [2.75, 3.05) is 20.3 Å². The number of nitrogens with two attached hydrogens (primary N) is 1. The van der Waals surface area contributed by atoms with E-state index in [-0.39, 0.29) is 18.0 Å². The van der Waals surface area contributed by atoms with E-state index in [1.807, 2.05) is 35.2 Å². The fraction of sp³-hybridized carbons (Fsp3) is 0.500. The Bertz CT molecular complexity index is 394. The largest absolute Gasteiger partial charge is 0.385 e. The minimum absolute atomic E-state index is 0.00977. The number of nitrogens with zero attached hydrogens (tertiary/aromatic N) is 1. The van der Waals surface area contributed by atoms with Crippen LogP contribution in [0.25, 0.3) is 0 Å². The molecule has 0 spiro atoms. The lowest BCUT2D eigenvalue weighted by Crippen LogP contribution is -2.34. The zero-order chi connectivity index (χ0) is 13.0. The topological polar surface area (TPSA) is 55.6 Å². The van der Waals surface area contributed by atoms with Gasteiger partial charge in [-0.25, -0.2) is 0 Å². The minimum Gasteiger partial charge on any atom is -0.385 e. The van der Waals surface area contributed by atoms with Gasteiger partial charge in [0.2, 0.25) is 5.91 Å². The van der Waals surface area contributed by atoms with Gasteiger partial charge in [0, 0.05) is 32.7 Å². The molecule has 4 heteroatoms. The van der Waals surface area contributed by atoms with Gasteiger partial charge in [-0.2, -0.15) is 0 Å². The molecule has 1 heterocycles. The maximum Gasteiger partial charge on any atom is 0.224 e. The molecule has 2 atom stereocenters. The van der Waals surface area contributed by atoms with Crippen LogP contribution in [0.2, 0.25) is 0 Å². The Morgan fingerprint density at radius 1 is 1.39 bits per heavy atom. The molecule has 2 unspecified atom stereocenters. The number of hydrogen-bond acceptors (Lipinski definition) is 3. The fourth-order valence-electron chi connectivity index (χ4n) is 2.54. The summed E-state index contributed by atoms with van der Waals surface area (Å²) >= 11 is 0. The van der Waals surface area contributed by atoms with Crippen LogP contribution in [0.1, 0.15) is 24.4 Å². The van der Waals surface area contributed by atoms with Gasteiger partial charge >= 0.3 is 0 Å². The number of likely N-dealkylation sites (tertiary alicyclic amines) is 1. The van der Waals surface area contributed by atoms with Crippen LogP contribution in [0.5, 0.6) is 0 Å². The third-order valence-corrected chi connectivity index (χ3v) is 3.36. The van der Waals surface area contributed by atoms with Gasteiger partial charge in [-0.1, -0.05) is 30.3 Å². The highest BCUT2D eigenvalue weighted by molar-refractivity contribution is 5.80. The van der Waals surface area contributed by atoms with Gasteiger partial charge in [-0.05, 0) is 12.0 Å². The Labute approximate surface area is 108 Å². The molecular weight excluding hydrogens is 228 g/mol. The molecule has 1 amide bonds. The second-order valence-electron chi connectivity index (χ2n) is 4.66. The minimum atomic E-state index is -0.109. The highest BCUT2D eigenvalue weighted by atomic mass is 16.5. The summed E-state index contributed by atoms with van der Waals surface area (Å²) in [5.41, 5.74) is 7.22. The molecule has 4 nitrogen and oxygen atoms in total. The molecule has 0 aromatic heterocycles. The third-order valence-electron chi connectivity index (χ3n) is 3.36. The SMILES string of the molecule is COCCCN1C(=O)CC(N)C1c1ccccc1. The van der Waals surface area contributed by atoms with Crippen molar-refractivity contribution in [3.05, 3.63) is 35.9 Å². The highest BCUT2D eigenvalue weighted by Gasteiger charge is 2.37. The summed E-state index contributed by atoms with van der Waals surface area (Å²) in [5, 5.41) is 0. The lowest BCUT2D eigenvalue weighted by atomic mass is 10.0.